The summed E-state index contributed by atoms with van der Waals surface area (Å²) in [5.41, 5.74) is 0. The van der Waals surface area contributed by atoms with Crippen LogP contribution in [0, 0.1) is 5.92 Å². The lowest BCUT2D eigenvalue weighted by molar-refractivity contribution is -0.0753. The Morgan fingerprint density at radius 1 is 1.42 bits per heavy atom. The highest BCUT2D eigenvalue weighted by Gasteiger charge is 2.47. The Kier molecular flexibility index (Phi) is 1.72. The smallest absolute Gasteiger partial charge is 0.407 e. The van der Waals surface area contributed by atoms with Gasteiger partial charge in [0.25, 0.3) is 0 Å². The number of carbonyl (C=O) groups is 1. The zero-order valence-electron chi connectivity index (χ0n) is 6.81. The van der Waals surface area contributed by atoms with Crippen LogP contribution in [0.5, 0.6) is 0 Å². The van der Waals surface area contributed by atoms with Crippen LogP contribution in [0.1, 0.15) is 19.3 Å². The molecule has 1 amide bonds. The van der Waals surface area contributed by atoms with E-state index in [4.69, 9.17) is 5.11 Å². The third kappa shape index (κ3) is 0.982. The van der Waals surface area contributed by atoms with Crippen molar-refractivity contribution in [2.45, 2.75) is 31.4 Å². The highest BCUT2D eigenvalue weighted by molar-refractivity contribution is 5.67. The summed E-state index contributed by atoms with van der Waals surface area (Å²) in [5, 5.41) is 18.2. The van der Waals surface area contributed by atoms with Gasteiger partial charge in [0.2, 0.25) is 0 Å². The van der Waals surface area contributed by atoms with E-state index in [2.05, 4.69) is 0 Å². The van der Waals surface area contributed by atoms with Gasteiger partial charge in [0.1, 0.15) is 0 Å². The summed E-state index contributed by atoms with van der Waals surface area (Å²) >= 11 is 0. The van der Waals surface area contributed by atoms with E-state index in [0.717, 1.165) is 19.3 Å². The molecule has 12 heavy (non-hydrogen) atoms. The van der Waals surface area contributed by atoms with Crippen molar-refractivity contribution >= 4 is 6.09 Å². The van der Waals surface area contributed by atoms with Crippen molar-refractivity contribution in [1.29, 1.82) is 0 Å². The number of hydrogen-bond donors (Lipinski definition) is 2. The SMILES string of the molecule is O=C(O)N1CC2CCCC(O)C21. The summed E-state index contributed by atoms with van der Waals surface area (Å²) in [6, 6.07) is -0.101. The van der Waals surface area contributed by atoms with E-state index in [0.29, 0.717) is 12.5 Å². The molecule has 2 N–H and O–H groups in total. The first-order valence-corrected chi connectivity index (χ1v) is 4.38. The predicted octanol–water partition coefficient (Wildman–Crippen LogP) is 0.510. The molecule has 0 spiro atoms. The average Bonchev–Trinajstić information content (AvgIpc) is 1.91. The van der Waals surface area contributed by atoms with Gasteiger partial charge < -0.3 is 15.1 Å². The summed E-state index contributed by atoms with van der Waals surface area (Å²) in [5.74, 6) is 0.421. The number of aliphatic hydroxyl groups is 1. The van der Waals surface area contributed by atoms with Gasteiger partial charge in [-0.3, -0.25) is 0 Å². The van der Waals surface area contributed by atoms with Gasteiger partial charge in [-0.05, 0) is 18.8 Å². The lowest BCUT2D eigenvalue weighted by atomic mass is 9.75. The minimum absolute atomic E-state index is 0.101. The molecule has 4 nitrogen and oxygen atoms in total. The van der Waals surface area contributed by atoms with E-state index in [1.54, 1.807) is 0 Å². The molecule has 0 bridgehead atoms. The molecule has 1 heterocycles. The van der Waals surface area contributed by atoms with E-state index in [9.17, 15) is 9.90 Å². The first-order valence-electron chi connectivity index (χ1n) is 4.38. The Morgan fingerprint density at radius 3 is 2.75 bits per heavy atom. The van der Waals surface area contributed by atoms with Crippen LogP contribution in [0.15, 0.2) is 0 Å². The fourth-order valence-corrected chi connectivity index (χ4v) is 2.35. The van der Waals surface area contributed by atoms with Gasteiger partial charge in [0, 0.05) is 6.54 Å². The molecule has 4 heteroatoms. The van der Waals surface area contributed by atoms with Crippen molar-refractivity contribution in [1.82, 2.24) is 4.90 Å². The Bertz CT molecular complexity index is 200. The van der Waals surface area contributed by atoms with E-state index >= 15 is 0 Å². The number of hydrogen-bond acceptors (Lipinski definition) is 2. The summed E-state index contributed by atoms with van der Waals surface area (Å²) in [6.07, 6.45) is 1.55. The minimum Gasteiger partial charge on any atom is -0.465 e. The van der Waals surface area contributed by atoms with E-state index in [1.807, 2.05) is 0 Å². The number of nitrogens with zero attached hydrogens (tertiary/aromatic N) is 1. The Hall–Kier alpha value is -0.770. The predicted molar refractivity (Wildman–Crippen MR) is 41.9 cm³/mol. The normalized spacial score (nSPS) is 40.1. The molecule has 3 unspecified atom stereocenters. The largest absolute Gasteiger partial charge is 0.465 e. The van der Waals surface area contributed by atoms with Crippen molar-refractivity contribution in [3.8, 4) is 0 Å². The molecular weight excluding hydrogens is 158 g/mol. The number of rotatable bonds is 0. The molecule has 2 rings (SSSR count). The van der Waals surface area contributed by atoms with E-state index in [1.165, 1.54) is 4.90 Å². The first-order chi connectivity index (χ1) is 5.70. The molecule has 68 valence electrons. The molecule has 1 aliphatic carbocycles. The summed E-state index contributed by atoms with van der Waals surface area (Å²) < 4.78 is 0. The molecule has 1 saturated carbocycles. The van der Waals surface area contributed by atoms with Crippen molar-refractivity contribution in [3.63, 3.8) is 0 Å². The molecule has 1 saturated heterocycles. The number of carboxylic acid groups (broad SMARTS) is 1. The van der Waals surface area contributed by atoms with Gasteiger partial charge in [-0.25, -0.2) is 4.79 Å². The molecule has 2 aliphatic rings. The monoisotopic (exact) mass is 171 g/mol. The minimum atomic E-state index is -0.891. The second-order valence-electron chi connectivity index (χ2n) is 3.68. The second kappa shape index (κ2) is 2.62. The Labute approximate surface area is 70.8 Å². The maximum absolute atomic E-state index is 10.6. The van der Waals surface area contributed by atoms with Crippen LogP contribution in [-0.2, 0) is 0 Å². The molecular formula is C8H13NO3. The van der Waals surface area contributed by atoms with Gasteiger partial charge in [-0.2, -0.15) is 0 Å². The lowest BCUT2D eigenvalue weighted by Crippen LogP contribution is -2.64. The topological polar surface area (TPSA) is 60.8 Å². The van der Waals surface area contributed by atoms with Gasteiger partial charge in [-0.1, -0.05) is 6.42 Å². The number of aliphatic hydroxyl groups excluding tert-OH is 1. The molecule has 0 radical (unpaired) electrons. The third-order valence-corrected chi connectivity index (χ3v) is 2.99. The maximum Gasteiger partial charge on any atom is 0.407 e. The number of amides is 1. The van der Waals surface area contributed by atoms with Gasteiger partial charge in [0.15, 0.2) is 0 Å². The molecule has 0 aromatic carbocycles. The molecule has 0 aromatic heterocycles. The Balaban J connectivity index is 2.03. The second-order valence-corrected chi connectivity index (χ2v) is 3.68. The van der Waals surface area contributed by atoms with Gasteiger partial charge >= 0.3 is 6.09 Å². The van der Waals surface area contributed by atoms with Crippen LogP contribution in [0.25, 0.3) is 0 Å². The maximum atomic E-state index is 10.6. The first kappa shape index (κ1) is 7.86. The number of likely N-dealkylation sites (tertiary alicyclic amines) is 1. The standard InChI is InChI=1S/C8H13NO3/c10-6-3-1-2-5-4-9(7(5)6)8(11)12/h5-7,10H,1-4H2,(H,11,12). The molecule has 0 aromatic rings. The fourth-order valence-electron chi connectivity index (χ4n) is 2.35. The molecule has 2 fully saturated rings. The molecule has 3 atom stereocenters. The van der Waals surface area contributed by atoms with E-state index < -0.39 is 12.2 Å². The Morgan fingerprint density at radius 2 is 2.17 bits per heavy atom. The summed E-state index contributed by atoms with van der Waals surface area (Å²) in [7, 11) is 0. The van der Waals surface area contributed by atoms with Crippen LogP contribution < -0.4 is 0 Å². The van der Waals surface area contributed by atoms with Crippen molar-refractivity contribution in [2.75, 3.05) is 6.54 Å². The number of fused-ring (bicyclic) bond motifs is 1. The summed E-state index contributed by atoms with van der Waals surface area (Å²) in [6.45, 7) is 0.622. The zero-order chi connectivity index (χ0) is 8.72. The van der Waals surface area contributed by atoms with E-state index in [-0.39, 0.29) is 6.04 Å². The van der Waals surface area contributed by atoms with Crippen LogP contribution >= 0.6 is 0 Å². The molecule has 1 aliphatic heterocycles. The van der Waals surface area contributed by atoms with Gasteiger partial charge in [-0.15, -0.1) is 0 Å². The lowest BCUT2D eigenvalue weighted by Gasteiger charge is -2.51. The third-order valence-electron chi connectivity index (χ3n) is 2.99. The van der Waals surface area contributed by atoms with Crippen LogP contribution in [0.2, 0.25) is 0 Å². The van der Waals surface area contributed by atoms with Crippen molar-refractivity contribution in [2.24, 2.45) is 5.92 Å². The van der Waals surface area contributed by atoms with Crippen molar-refractivity contribution < 1.29 is 15.0 Å². The van der Waals surface area contributed by atoms with Crippen LogP contribution in [0.3, 0.4) is 0 Å². The highest BCUT2D eigenvalue weighted by atomic mass is 16.4. The summed E-state index contributed by atoms with van der Waals surface area (Å²) in [4.78, 5) is 12.0. The van der Waals surface area contributed by atoms with Crippen LogP contribution in [0.4, 0.5) is 4.79 Å². The highest BCUT2D eigenvalue weighted by Crippen LogP contribution is 2.37. The van der Waals surface area contributed by atoms with Crippen molar-refractivity contribution in [3.05, 3.63) is 0 Å². The van der Waals surface area contributed by atoms with Crippen LogP contribution in [-0.4, -0.2) is 39.9 Å². The van der Waals surface area contributed by atoms with Gasteiger partial charge in [0.05, 0.1) is 12.1 Å². The fraction of sp³-hybridized carbons (Fsp3) is 0.875. The quantitative estimate of drug-likeness (QED) is 0.558. The average molecular weight is 171 g/mol. The zero-order valence-corrected chi connectivity index (χ0v) is 6.81.